The lowest BCUT2D eigenvalue weighted by molar-refractivity contribution is 0.102. The molecule has 114 valence electrons. The van der Waals surface area contributed by atoms with Gasteiger partial charge in [0.15, 0.2) is 5.13 Å². The van der Waals surface area contributed by atoms with Crippen LogP contribution >= 0.6 is 11.3 Å². The molecular weight excluding hydrogens is 300 g/mol. The summed E-state index contributed by atoms with van der Waals surface area (Å²) in [6, 6.07) is 6.41. The topological polar surface area (TPSA) is 97.1 Å². The molecule has 1 aliphatic carbocycles. The molecule has 1 saturated carbocycles. The Morgan fingerprint density at radius 3 is 2.64 bits per heavy atom. The minimum atomic E-state index is -0.572. The molecular formula is C15H16N4O2S. The fourth-order valence-corrected chi connectivity index (χ4v) is 2.83. The van der Waals surface area contributed by atoms with Crippen LogP contribution < -0.4 is 16.4 Å². The first-order chi connectivity index (χ1) is 10.6. The van der Waals surface area contributed by atoms with Gasteiger partial charge in [0, 0.05) is 23.4 Å². The van der Waals surface area contributed by atoms with Crippen LogP contribution in [0.5, 0.6) is 0 Å². The summed E-state index contributed by atoms with van der Waals surface area (Å²) in [6.07, 6.45) is 2.38. The van der Waals surface area contributed by atoms with Crippen LogP contribution in [0.4, 0.5) is 9.93 Å². The molecule has 1 aliphatic rings. The van der Waals surface area contributed by atoms with Gasteiger partial charge in [0.1, 0.15) is 0 Å². The Balaban J connectivity index is 1.60. The summed E-state index contributed by atoms with van der Waals surface area (Å²) >= 11 is 1.45. The van der Waals surface area contributed by atoms with Gasteiger partial charge >= 0.3 is 6.03 Å². The number of benzene rings is 1. The first-order valence-electron chi connectivity index (χ1n) is 7.01. The van der Waals surface area contributed by atoms with Crippen molar-refractivity contribution in [3.8, 4) is 0 Å². The summed E-state index contributed by atoms with van der Waals surface area (Å²) in [4.78, 5) is 27.2. The maximum Gasteiger partial charge on any atom is 0.312 e. The van der Waals surface area contributed by atoms with Crippen LogP contribution in [0, 0.1) is 0 Å². The van der Waals surface area contributed by atoms with Crippen LogP contribution in [0.3, 0.4) is 0 Å². The molecule has 0 bridgehead atoms. The minimum Gasteiger partial charge on any atom is -0.352 e. The van der Waals surface area contributed by atoms with E-state index in [-0.39, 0.29) is 5.91 Å². The molecule has 0 spiro atoms. The zero-order valence-electron chi connectivity index (χ0n) is 11.8. The molecule has 22 heavy (non-hydrogen) atoms. The zero-order valence-corrected chi connectivity index (χ0v) is 12.7. The fraction of sp³-hybridized carbons (Fsp3) is 0.267. The van der Waals surface area contributed by atoms with Crippen LogP contribution in [0.25, 0.3) is 0 Å². The number of anilines is 1. The van der Waals surface area contributed by atoms with E-state index < -0.39 is 6.03 Å². The number of primary amides is 1. The van der Waals surface area contributed by atoms with Crippen molar-refractivity contribution < 1.29 is 9.59 Å². The Bertz CT molecular complexity index is 692. The summed E-state index contributed by atoms with van der Waals surface area (Å²) in [5.74, 6) is 0.394. The second kappa shape index (κ2) is 6.15. The number of nitrogens with zero attached hydrogens (tertiary/aromatic N) is 1. The summed E-state index contributed by atoms with van der Waals surface area (Å²) in [5, 5.41) is 7.95. The molecule has 1 aromatic carbocycles. The standard InChI is InChI=1S/C15H16N4O2S/c16-14(21)17-7-9-1-3-11(4-2-9)13(20)19-15-18-12(8-22-15)10-5-6-10/h1-4,8,10H,5-7H2,(H3,16,17,21)(H,18,19,20). The van der Waals surface area contributed by atoms with E-state index in [1.54, 1.807) is 24.3 Å². The number of nitrogens with one attached hydrogen (secondary N) is 2. The normalized spacial score (nSPS) is 13.6. The minimum absolute atomic E-state index is 0.189. The van der Waals surface area contributed by atoms with Gasteiger partial charge in [-0.15, -0.1) is 11.3 Å². The summed E-state index contributed by atoms with van der Waals surface area (Å²) < 4.78 is 0. The third-order valence-corrected chi connectivity index (χ3v) is 4.20. The Kier molecular flexibility index (Phi) is 4.06. The molecule has 0 saturated heterocycles. The van der Waals surface area contributed by atoms with Gasteiger partial charge in [-0.3, -0.25) is 10.1 Å². The van der Waals surface area contributed by atoms with Gasteiger partial charge in [-0.2, -0.15) is 0 Å². The van der Waals surface area contributed by atoms with Gasteiger partial charge in [-0.25, -0.2) is 9.78 Å². The van der Waals surface area contributed by atoms with Crippen molar-refractivity contribution in [3.05, 3.63) is 46.5 Å². The molecule has 0 aliphatic heterocycles. The van der Waals surface area contributed by atoms with Gasteiger partial charge in [0.05, 0.1) is 5.69 Å². The molecule has 7 heteroatoms. The van der Waals surface area contributed by atoms with Gasteiger partial charge in [-0.1, -0.05) is 12.1 Å². The Hall–Kier alpha value is -2.41. The van der Waals surface area contributed by atoms with Gasteiger partial charge in [-0.05, 0) is 30.5 Å². The molecule has 1 heterocycles. The molecule has 3 amide bonds. The summed E-state index contributed by atoms with van der Waals surface area (Å²) in [7, 11) is 0. The molecule has 1 fully saturated rings. The molecule has 3 rings (SSSR count). The van der Waals surface area contributed by atoms with Crippen LogP contribution in [0.1, 0.15) is 40.4 Å². The molecule has 0 atom stereocenters. The number of carbonyl (C=O) groups is 2. The number of rotatable bonds is 5. The molecule has 1 aromatic heterocycles. The lowest BCUT2D eigenvalue weighted by Gasteiger charge is -2.04. The number of thiazole rings is 1. The lowest BCUT2D eigenvalue weighted by Crippen LogP contribution is -2.28. The molecule has 6 nitrogen and oxygen atoms in total. The van der Waals surface area contributed by atoms with E-state index in [1.165, 1.54) is 24.2 Å². The largest absolute Gasteiger partial charge is 0.352 e. The molecule has 4 N–H and O–H groups in total. The second-order valence-electron chi connectivity index (χ2n) is 5.22. The van der Waals surface area contributed by atoms with Crippen LogP contribution in [-0.4, -0.2) is 16.9 Å². The first kappa shape index (κ1) is 14.5. The van der Waals surface area contributed by atoms with Crippen molar-refractivity contribution >= 4 is 28.4 Å². The summed E-state index contributed by atoms with van der Waals surface area (Å²) in [6.45, 7) is 0.342. The SMILES string of the molecule is NC(=O)NCc1ccc(C(=O)Nc2nc(C3CC3)cs2)cc1. The maximum atomic E-state index is 12.2. The number of amides is 3. The molecule has 0 unspecified atom stereocenters. The predicted molar refractivity (Wildman–Crippen MR) is 84.9 cm³/mol. The monoisotopic (exact) mass is 316 g/mol. The number of hydrogen-bond acceptors (Lipinski definition) is 4. The third-order valence-electron chi connectivity index (χ3n) is 3.42. The number of nitrogens with two attached hydrogens (primary N) is 1. The zero-order chi connectivity index (χ0) is 15.5. The van der Waals surface area contributed by atoms with E-state index in [4.69, 9.17) is 5.73 Å². The second-order valence-corrected chi connectivity index (χ2v) is 6.08. The van der Waals surface area contributed by atoms with Crippen molar-refractivity contribution in [1.29, 1.82) is 0 Å². The van der Waals surface area contributed by atoms with E-state index in [9.17, 15) is 9.59 Å². The van der Waals surface area contributed by atoms with Gasteiger partial charge in [0.2, 0.25) is 0 Å². The van der Waals surface area contributed by atoms with Crippen molar-refractivity contribution in [1.82, 2.24) is 10.3 Å². The van der Waals surface area contributed by atoms with Crippen molar-refractivity contribution in [2.45, 2.75) is 25.3 Å². The first-order valence-corrected chi connectivity index (χ1v) is 7.89. The van der Waals surface area contributed by atoms with Crippen LogP contribution in [-0.2, 0) is 6.54 Å². The lowest BCUT2D eigenvalue weighted by atomic mass is 10.1. The van der Waals surface area contributed by atoms with E-state index in [1.807, 2.05) is 5.38 Å². The van der Waals surface area contributed by atoms with Gasteiger partial charge < -0.3 is 11.1 Å². The van der Waals surface area contributed by atoms with Crippen molar-refractivity contribution in [2.75, 3.05) is 5.32 Å². The Labute approximate surface area is 131 Å². The highest BCUT2D eigenvalue weighted by molar-refractivity contribution is 7.14. The van der Waals surface area contributed by atoms with Crippen molar-refractivity contribution in [2.24, 2.45) is 5.73 Å². The predicted octanol–water partition coefficient (Wildman–Crippen LogP) is 2.44. The molecule has 0 radical (unpaired) electrons. The number of hydrogen-bond donors (Lipinski definition) is 3. The van der Waals surface area contributed by atoms with E-state index >= 15 is 0 Å². The quantitative estimate of drug-likeness (QED) is 0.790. The third kappa shape index (κ3) is 3.62. The van der Waals surface area contributed by atoms with E-state index in [0.29, 0.717) is 23.2 Å². The van der Waals surface area contributed by atoms with Crippen molar-refractivity contribution in [3.63, 3.8) is 0 Å². The highest BCUT2D eigenvalue weighted by Crippen LogP contribution is 2.40. The highest BCUT2D eigenvalue weighted by atomic mass is 32.1. The van der Waals surface area contributed by atoms with E-state index in [2.05, 4.69) is 15.6 Å². The highest BCUT2D eigenvalue weighted by Gasteiger charge is 2.26. The van der Waals surface area contributed by atoms with Gasteiger partial charge in [0.25, 0.3) is 5.91 Å². The average Bonchev–Trinajstić information content (AvgIpc) is 3.26. The van der Waals surface area contributed by atoms with E-state index in [0.717, 1.165) is 11.3 Å². The van der Waals surface area contributed by atoms with Crippen LogP contribution in [0.2, 0.25) is 0 Å². The summed E-state index contributed by atoms with van der Waals surface area (Å²) in [5.41, 5.74) is 7.51. The molecule has 2 aromatic rings. The number of carbonyl (C=O) groups excluding carboxylic acids is 2. The Morgan fingerprint density at radius 2 is 2.00 bits per heavy atom. The number of urea groups is 1. The van der Waals surface area contributed by atoms with Crippen LogP contribution in [0.15, 0.2) is 29.6 Å². The number of aromatic nitrogens is 1. The Morgan fingerprint density at radius 1 is 1.27 bits per heavy atom. The average molecular weight is 316 g/mol. The maximum absolute atomic E-state index is 12.2. The fourth-order valence-electron chi connectivity index (χ4n) is 2.04. The smallest absolute Gasteiger partial charge is 0.312 e.